The molecule has 8 heteroatoms. The lowest BCUT2D eigenvalue weighted by atomic mass is 10.1. The minimum atomic E-state index is -0.967. The third-order valence-corrected chi connectivity index (χ3v) is 5.24. The van der Waals surface area contributed by atoms with Gasteiger partial charge in [0.1, 0.15) is 5.75 Å². The van der Waals surface area contributed by atoms with Crippen LogP contribution in [0.4, 0.5) is 10.6 Å². The molecule has 0 bridgehead atoms. The van der Waals surface area contributed by atoms with Gasteiger partial charge in [0.05, 0.1) is 13.2 Å². The molecule has 29 heavy (non-hydrogen) atoms. The summed E-state index contributed by atoms with van der Waals surface area (Å²) in [5.41, 5.74) is 1.80. The predicted octanol–water partition coefficient (Wildman–Crippen LogP) is 4.16. The van der Waals surface area contributed by atoms with E-state index >= 15 is 0 Å². The number of hydrogen-bond acceptors (Lipinski definition) is 4. The van der Waals surface area contributed by atoms with Crippen molar-refractivity contribution < 1.29 is 14.6 Å². The van der Waals surface area contributed by atoms with Crippen LogP contribution in [0.1, 0.15) is 37.9 Å². The van der Waals surface area contributed by atoms with Gasteiger partial charge in [-0.15, -0.1) is 0 Å². The Kier molecular flexibility index (Phi) is 7.03. The van der Waals surface area contributed by atoms with E-state index in [1.165, 1.54) is 4.90 Å². The zero-order chi connectivity index (χ0) is 21.0. The van der Waals surface area contributed by atoms with E-state index in [1.54, 1.807) is 4.68 Å². The molecule has 7 nitrogen and oxygen atoms in total. The number of amides is 1. The number of benzene rings is 1. The Balaban J connectivity index is 1.85. The molecule has 0 unspecified atom stereocenters. The summed E-state index contributed by atoms with van der Waals surface area (Å²) < 4.78 is 7.75. The lowest BCUT2D eigenvalue weighted by Crippen LogP contribution is -2.46. The van der Waals surface area contributed by atoms with E-state index in [2.05, 4.69) is 24.3 Å². The van der Waals surface area contributed by atoms with Crippen LogP contribution >= 0.6 is 11.6 Å². The smallest absolute Gasteiger partial charge is 0.413 e. The summed E-state index contributed by atoms with van der Waals surface area (Å²) in [6, 6.07) is 7.33. The summed E-state index contributed by atoms with van der Waals surface area (Å²) in [7, 11) is 0. The molecule has 0 spiro atoms. The second-order valence-electron chi connectivity index (χ2n) is 7.89. The number of halogens is 1. The Bertz CT molecular complexity index is 846. The van der Waals surface area contributed by atoms with Gasteiger partial charge in [-0.3, -0.25) is 9.58 Å². The number of aryl methyl sites for hydroxylation is 1. The molecule has 1 aliphatic rings. The lowest BCUT2D eigenvalue weighted by Gasteiger charge is -2.30. The molecule has 0 atom stereocenters. The number of rotatable bonds is 7. The highest BCUT2D eigenvalue weighted by atomic mass is 35.5. The Morgan fingerprint density at radius 1 is 1.38 bits per heavy atom. The Morgan fingerprint density at radius 3 is 2.76 bits per heavy atom. The van der Waals surface area contributed by atoms with Gasteiger partial charge in [-0.2, -0.15) is 5.10 Å². The summed E-state index contributed by atoms with van der Waals surface area (Å²) in [6.45, 7) is 8.82. The maximum absolute atomic E-state index is 11.9. The summed E-state index contributed by atoms with van der Waals surface area (Å²) in [5, 5.41) is 18.3. The number of carboxylic acid groups (broad SMARTS) is 1. The van der Waals surface area contributed by atoms with Gasteiger partial charge in [0.25, 0.3) is 0 Å². The van der Waals surface area contributed by atoms with Crippen molar-refractivity contribution in [2.45, 2.75) is 46.2 Å². The van der Waals surface area contributed by atoms with E-state index in [0.29, 0.717) is 29.9 Å². The third-order valence-electron chi connectivity index (χ3n) is 5.01. The summed E-state index contributed by atoms with van der Waals surface area (Å²) in [6.07, 6.45) is 0.588. The molecule has 2 N–H and O–H groups in total. The fourth-order valence-corrected chi connectivity index (χ4v) is 3.70. The van der Waals surface area contributed by atoms with Crippen molar-refractivity contribution in [2.75, 3.05) is 24.6 Å². The van der Waals surface area contributed by atoms with E-state index in [-0.39, 0.29) is 6.04 Å². The lowest BCUT2D eigenvalue weighted by molar-refractivity contribution is 0.196. The van der Waals surface area contributed by atoms with Crippen molar-refractivity contribution in [1.29, 1.82) is 0 Å². The highest BCUT2D eigenvalue weighted by molar-refractivity contribution is 6.30. The molecule has 0 saturated carbocycles. The van der Waals surface area contributed by atoms with Crippen LogP contribution in [0.5, 0.6) is 5.75 Å². The molecule has 1 aromatic heterocycles. The molecule has 1 fully saturated rings. The Labute approximate surface area is 176 Å². The molecule has 158 valence electrons. The second-order valence-corrected chi connectivity index (χ2v) is 8.33. The molecule has 2 heterocycles. The van der Waals surface area contributed by atoms with Crippen LogP contribution in [-0.2, 0) is 6.54 Å². The fraction of sp³-hybridized carbons (Fsp3) is 0.524. The van der Waals surface area contributed by atoms with E-state index in [1.807, 2.05) is 31.2 Å². The molecular weight excluding hydrogens is 392 g/mol. The average molecular weight is 421 g/mol. The largest absolute Gasteiger partial charge is 0.493 e. The second kappa shape index (κ2) is 9.50. The number of nitrogens with one attached hydrogen (secondary N) is 1. The number of hydrogen-bond donors (Lipinski definition) is 2. The van der Waals surface area contributed by atoms with Crippen molar-refractivity contribution in [3.63, 3.8) is 0 Å². The van der Waals surface area contributed by atoms with E-state index < -0.39 is 6.09 Å². The van der Waals surface area contributed by atoms with Crippen molar-refractivity contribution in [3.05, 3.63) is 40.5 Å². The van der Waals surface area contributed by atoms with Gasteiger partial charge in [-0.1, -0.05) is 25.4 Å². The van der Waals surface area contributed by atoms with E-state index in [4.69, 9.17) is 16.3 Å². The molecule has 2 aromatic rings. The fourth-order valence-electron chi connectivity index (χ4n) is 3.51. The summed E-state index contributed by atoms with van der Waals surface area (Å²) in [5.74, 6) is 1.65. The predicted molar refractivity (Wildman–Crippen MR) is 114 cm³/mol. The number of carbonyl (C=O) groups is 1. The maximum atomic E-state index is 11.9. The molecule has 1 aliphatic heterocycles. The number of nitrogens with zero attached hydrogens (tertiary/aromatic N) is 3. The summed E-state index contributed by atoms with van der Waals surface area (Å²) in [4.78, 5) is 13.3. The van der Waals surface area contributed by atoms with Gasteiger partial charge in [0.15, 0.2) is 5.82 Å². The van der Waals surface area contributed by atoms with Crippen molar-refractivity contribution in [1.82, 2.24) is 15.1 Å². The highest BCUT2D eigenvalue weighted by Crippen LogP contribution is 2.27. The van der Waals surface area contributed by atoms with Crippen molar-refractivity contribution in [3.8, 4) is 5.75 Å². The topological polar surface area (TPSA) is 79.6 Å². The number of aromatic nitrogens is 2. The molecular formula is C21H29ClN4O3. The molecule has 0 radical (unpaired) electrons. The van der Waals surface area contributed by atoms with Gasteiger partial charge >= 0.3 is 6.09 Å². The zero-order valence-corrected chi connectivity index (χ0v) is 17.9. The SMILES string of the molecule is Cc1cc(N(C(=O)O)C2CCNCC2)nn1Cc1cc(Cl)ccc1OCC(C)C. The van der Waals surface area contributed by atoms with E-state index in [9.17, 15) is 9.90 Å². The first kappa shape index (κ1) is 21.5. The van der Waals surface area contributed by atoms with Gasteiger partial charge in [-0.05, 0) is 57.0 Å². The molecule has 0 aliphatic carbocycles. The maximum Gasteiger partial charge on any atom is 0.413 e. The first-order chi connectivity index (χ1) is 13.8. The van der Waals surface area contributed by atoms with Crippen LogP contribution in [0.3, 0.4) is 0 Å². The molecule has 1 amide bonds. The van der Waals surface area contributed by atoms with Crippen LogP contribution in [-0.4, -0.2) is 46.7 Å². The number of piperidine rings is 1. The molecule has 1 saturated heterocycles. The van der Waals surface area contributed by atoms with E-state index in [0.717, 1.165) is 42.9 Å². The zero-order valence-electron chi connectivity index (χ0n) is 17.2. The highest BCUT2D eigenvalue weighted by Gasteiger charge is 2.28. The molecule has 1 aromatic carbocycles. The van der Waals surface area contributed by atoms with Crippen molar-refractivity contribution in [2.24, 2.45) is 5.92 Å². The Hall–Kier alpha value is -2.25. The quantitative estimate of drug-likeness (QED) is 0.702. The minimum Gasteiger partial charge on any atom is -0.493 e. The Morgan fingerprint density at radius 2 is 2.10 bits per heavy atom. The summed E-state index contributed by atoms with van der Waals surface area (Å²) >= 11 is 6.21. The first-order valence-electron chi connectivity index (χ1n) is 10.0. The number of ether oxygens (including phenoxy) is 1. The minimum absolute atomic E-state index is 0.0624. The van der Waals surface area contributed by atoms with Crippen LogP contribution < -0.4 is 15.0 Å². The van der Waals surface area contributed by atoms with Crippen LogP contribution in [0, 0.1) is 12.8 Å². The van der Waals surface area contributed by atoms with Crippen LogP contribution in [0.25, 0.3) is 0 Å². The van der Waals surface area contributed by atoms with Crippen LogP contribution in [0.2, 0.25) is 5.02 Å². The standard InChI is InChI=1S/C21H29ClN4O3/c1-14(2)13-29-19-5-4-17(22)11-16(19)12-25-15(3)10-20(24-25)26(21(27)28)18-6-8-23-9-7-18/h4-5,10-11,14,18,23H,6-9,12-13H2,1-3H3,(H,27,28). The monoisotopic (exact) mass is 420 g/mol. The molecule has 3 rings (SSSR count). The normalized spacial score (nSPS) is 14.9. The number of anilines is 1. The van der Waals surface area contributed by atoms with Gasteiger partial charge in [0.2, 0.25) is 0 Å². The third kappa shape index (κ3) is 5.42. The van der Waals surface area contributed by atoms with Crippen molar-refractivity contribution >= 4 is 23.5 Å². The van der Waals surface area contributed by atoms with Gasteiger partial charge in [0, 0.05) is 28.4 Å². The van der Waals surface area contributed by atoms with Gasteiger partial charge in [-0.25, -0.2) is 4.79 Å². The van der Waals surface area contributed by atoms with Gasteiger partial charge < -0.3 is 15.2 Å². The average Bonchev–Trinajstić information content (AvgIpc) is 3.01. The van der Waals surface area contributed by atoms with Crippen LogP contribution in [0.15, 0.2) is 24.3 Å². The first-order valence-corrected chi connectivity index (χ1v) is 10.4.